The van der Waals surface area contributed by atoms with E-state index in [9.17, 15) is 0 Å². The molecule has 0 saturated carbocycles. The predicted molar refractivity (Wildman–Crippen MR) is 79.4 cm³/mol. The first-order chi connectivity index (χ1) is 9.31. The number of nitrogens with zero attached hydrogens (tertiary/aromatic N) is 2. The van der Waals surface area contributed by atoms with Crippen molar-refractivity contribution in [3.05, 3.63) is 53.3 Å². The number of halogens is 1. The maximum atomic E-state index is 5.98. The molecule has 0 aliphatic carbocycles. The molecule has 96 valence electrons. The van der Waals surface area contributed by atoms with E-state index in [0.717, 1.165) is 22.1 Å². The zero-order valence-electron chi connectivity index (χ0n) is 9.93. The fourth-order valence-corrected chi connectivity index (χ4v) is 2.53. The average molecular weight is 291 g/mol. The summed E-state index contributed by atoms with van der Waals surface area (Å²) in [4.78, 5) is 9.64. The number of nitrogens with one attached hydrogen (secondary N) is 2. The van der Waals surface area contributed by atoms with Gasteiger partial charge in [-0.15, -0.1) is 0 Å². The predicted octanol–water partition coefficient (Wildman–Crippen LogP) is 3.31. The number of pyridine rings is 1. The first kappa shape index (κ1) is 12.3. The van der Waals surface area contributed by atoms with Gasteiger partial charge in [-0.2, -0.15) is 0 Å². The van der Waals surface area contributed by atoms with Crippen LogP contribution in [0.1, 0.15) is 5.56 Å². The summed E-state index contributed by atoms with van der Waals surface area (Å²) in [7, 11) is 0. The van der Waals surface area contributed by atoms with Crippen LogP contribution in [0.4, 0.5) is 5.69 Å². The van der Waals surface area contributed by atoms with E-state index in [1.807, 2.05) is 36.5 Å². The van der Waals surface area contributed by atoms with E-state index in [1.54, 1.807) is 6.20 Å². The number of hydrogen-bond donors (Lipinski definition) is 2. The quantitative estimate of drug-likeness (QED) is 0.833. The number of fused-ring (bicyclic) bond motifs is 1. The molecule has 2 aromatic rings. The summed E-state index contributed by atoms with van der Waals surface area (Å²) in [6, 6.07) is 9.64. The van der Waals surface area contributed by atoms with Gasteiger partial charge in [0.15, 0.2) is 0 Å². The van der Waals surface area contributed by atoms with Gasteiger partial charge in [-0.25, -0.2) is 4.99 Å². The van der Waals surface area contributed by atoms with Crippen LogP contribution < -0.4 is 10.0 Å². The third-order valence-electron chi connectivity index (χ3n) is 2.59. The number of rotatable bonds is 2. The molecular weight excluding hydrogens is 280 g/mol. The van der Waals surface area contributed by atoms with E-state index >= 15 is 0 Å². The van der Waals surface area contributed by atoms with Crippen LogP contribution in [0.15, 0.2) is 52.6 Å². The Morgan fingerprint density at radius 3 is 3.11 bits per heavy atom. The molecule has 1 aromatic carbocycles. The number of guanidine groups is 1. The summed E-state index contributed by atoms with van der Waals surface area (Å²) in [6.07, 6.45) is 3.56. The van der Waals surface area contributed by atoms with Gasteiger partial charge in [0, 0.05) is 17.4 Å². The number of hydrogen-bond acceptors (Lipinski definition) is 3. The summed E-state index contributed by atoms with van der Waals surface area (Å²) in [5.41, 5.74) is 2.04. The highest BCUT2D eigenvalue weighted by molar-refractivity contribution is 7.98. The normalized spacial score (nSPS) is 15.5. The molecule has 0 radical (unpaired) electrons. The molecule has 1 aliphatic heterocycles. The van der Waals surface area contributed by atoms with Gasteiger partial charge in [-0.1, -0.05) is 17.7 Å². The third kappa shape index (κ3) is 3.00. The first-order valence-corrected chi connectivity index (χ1v) is 6.93. The number of anilines is 1. The molecule has 2 heterocycles. The summed E-state index contributed by atoms with van der Waals surface area (Å²) in [5.74, 6) is 0.726. The Balaban J connectivity index is 1.74. The van der Waals surface area contributed by atoms with Crippen LogP contribution in [-0.4, -0.2) is 10.9 Å². The Morgan fingerprint density at radius 1 is 1.32 bits per heavy atom. The van der Waals surface area contributed by atoms with Crippen molar-refractivity contribution in [1.82, 2.24) is 9.71 Å². The molecule has 19 heavy (non-hydrogen) atoms. The lowest BCUT2D eigenvalue weighted by Crippen LogP contribution is -2.29. The van der Waals surface area contributed by atoms with Crippen LogP contribution in [0.5, 0.6) is 0 Å². The molecule has 6 heteroatoms. The summed E-state index contributed by atoms with van der Waals surface area (Å²) < 4.78 is 3.16. The Bertz CT molecular complexity index is 615. The Labute approximate surface area is 120 Å². The van der Waals surface area contributed by atoms with Gasteiger partial charge in [0.1, 0.15) is 0 Å². The van der Waals surface area contributed by atoms with Crippen LogP contribution in [0.25, 0.3) is 0 Å². The van der Waals surface area contributed by atoms with Gasteiger partial charge in [-0.05, 0) is 41.8 Å². The lowest BCUT2D eigenvalue weighted by Gasteiger charge is -2.20. The highest BCUT2D eigenvalue weighted by atomic mass is 35.5. The van der Waals surface area contributed by atoms with Crippen molar-refractivity contribution in [3.8, 4) is 0 Å². The first-order valence-electron chi connectivity index (χ1n) is 5.74. The van der Waals surface area contributed by atoms with Gasteiger partial charge in [0.2, 0.25) is 5.96 Å². The van der Waals surface area contributed by atoms with Gasteiger partial charge >= 0.3 is 0 Å². The van der Waals surface area contributed by atoms with Crippen LogP contribution in [-0.2, 0) is 6.54 Å². The Kier molecular flexibility index (Phi) is 3.57. The fraction of sp³-hybridized carbons (Fsp3) is 0.0769. The minimum atomic E-state index is 0.583. The van der Waals surface area contributed by atoms with E-state index in [-0.39, 0.29) is 0 Å². The van der Waals surface area contributed by atoms with Gasteiger partial charge in [-0.3, -0.25) is 9.71 Å². The van der Waals surface area contributed by atoms with Crippen molar-refractivity contribution >= 4 is 35.2 Å². The second-order valence-electron chi connectivity index (χ2n) is 4.00. The van der Waals surface area contributed by atoms with E-state index in [1.165, 1.54) is 11.9 Å². The molecule has 4 nitrogen and oxygen atoms in total. The SMILES string of the molecule is Clc1ccc2c(c1)NC(=NCc1cccnc1)NS2. The van der Waals surface area contributed by atoms with Crippen LogP contribution in [0.2, 0.25) is 5.02 Å². The average Bonchev–Trinajstić information content (AvgIpc) is 2.46. The maximum Gasteiger partial charge on any atom is 0.206 e. The zero-order chi connectivity index (χ0) is 13.1. The molecule has 0 bridgehead atoms. The van der Waals surface area contributed by atoms with E-state index < -0.39 is 0 Å². The molecule has 1 aromatic heterocycles. The van der Waals surface area contributed by atoms with Crippen molar-refractivity contribution in [2.45, 2.75) is 11.4 Å². The summed E-state index contributed by atoms with van der Waals surface area (Å²) in [5, 5.41) is 3.93. The third-order valence-corrected chi connectivity index (χ3v) is 3.70. The number of aliphatic imine (C=N–C) groups is 1. The Morgan fingerprint density at radius 2 is 2.26 bits per heavy atom. The molecule has 0 fully saturated rings. The van der Waals surface area contributed by atoms with E-state index in [4.69, 9.17) is 11.6 Å². The van der Waals surface area contributed by atoms with Crippen molar-refractivity contribution in [2.75, 3.05) is 5.32 Å². The minimum absolute atomic E-state index is 0.583. The summed E-state index contributed by atoms with van der Waals surface area (Å²) in [6.45, 7) is 0.583. The highest BCUT2D eigenvalue weighted by Crippen LogP contribution is 2.31. The number of aromatic nitrogens is 1. The monoisotopic (exact) mass is 290 g/mol. The van der Waals surface area contributed by atoms with Gasteiger partial charge in [0.05, 0.1) is 17.1 Å². The van der Waals surface area contributed by atoms with Crippen LogP contribution >= 0.6 is 23.5 Å². The molecule has 0 spiro atoms. The van der Waals surface area contributed by atoms with Gasteiger partial charge < -0.3 is 5.32 Å². The van der Waals surface area contributed by atoms with Crippen molar-refractivity contribution in [1.29, 1.82) is 0 Å². The molecule has 1 aliphatic rings. The van der Waals surface area contributed by atoms with Crippen molar-refractivity contribution in [2.24, 2.45) is 4.99 Å². The lowest BCUT2D eigenvalue weighted by atomic mass is 10.3. The second kappa shape index (κ2) is 5.50. The van der Waals surface area contributed by atoms with E-state index in [0.29, 0.717) is 11.6 Å². The molecular formula is C13H11ClN4S. The molecule has 0 saturated heterocycles. The fourth-order valence-electron chi connectivity index (χ4n) is 1.68. The maximum absolute atomic E-state index is 5.98. The van der Waals surface area contributed by atoms with Gasteiger partial charge in [0.25, 0.3) is 0 Å². The van der Waals surface area contributed by atoms with Crippen molar-refractivity contribution in [3.63, 3.8) is 0 Å². The smallest absolute Gasteiger partial charge is 0.206 e. The molecule has 0 atom stereocenters. The number of benzene rings is 1. The highest BCUT2D eigenvalue weighted by Gasteiger charge is 2.13. The van der Waals surface area contributed by atoms with Crippen molar-refractivity contribution < 1.29 is 0 Å². The molecule has 0 amide bonds. The standard InChI is InChI=1S/C13H11ClN4S/c14-10-3-4-12-11(6-10)17-13(18-19-12)16-8-9-2-1-5-15-7-9/h1-7H,8H2,(H2,16,17,18). The molecule has 2 N–H and O–H groups in total. The lowest BCUT2D eigenvalue weighted by molar-refractivity contribution is 1.03. The Hall–Kier alpha value is -1.72. The minimum Gasteiger partial charge on any atom is -0.325 e. The second-order valence-corrected chi connectivity index (χ2v) is 5.28. The topological polar surface area (TPSA) is 49.3 Å². The zero-order valence-corrected chi connectivity index (χ0v) is 11.5. The molecule has 0 unspecified atom stereocenters. The molecule has 3 rings (SSSR count). The summed E-state index contributed by atoms with van der Waals surface area (Å²) >= 11 is 7.50. The van der Waals surface area contributed by atoms with E-state index in [2.05, 4.69) is 20.0 Å². The van der Waals surface area contributed by atoms with Crippen LogP contribution in [0.3, 0.4) is 0 Å². The largest absolute Gasteiger partial charge is 0.325 e. The van der Waals surface area contributed by atoms with Crippen LogP contribution in [0, 0.1) is 0 Å².